The zero-order valence-electron chi connectivity index (χ0n) is 12.7. The Balaban J connectivity index is 1.92. The lowest BCUT2D eigenvalue weighted by molar-refractivity contribution is 0.529. The molecule has 2 heteroatoms. The molecule has 0 fully saturated rings. The molecular weight excluding hydrogens is 261 g/mol. The van der Waals surface area contributed by atoms with Crippen molar-refractivity contribution < 1.29 is 4.39 Å². The van der Waals surface area contributed by atoms with Crippen LogP contribution in [-0.2, 0) is 6.42 Å². The van der Waals surface area contributed by atoms with Gasteiger partial charge in [0.25, 0.3) is 0 Å². The molecule has 0 aliphatic heterocycles. The lowest BCUT2D eigenvalue weighted by atomic mass is 9.96. The minimum atomic E-state index is -0.129. The molecule has 0 saturated carbocycles. The van der Waals surface area contributed by atoms with Crippen molar-refractivity contribution in [3.8, 4) is 11.1 Å². The monoisotopic (exact) mass is 283 g/mol. The number of rotatable bonds is 4. The third-order valence-corrected chi connectivity index (χ3v) is 4.44. The topological polar surface area (TPSA) is 12.0 Å². The average Bonchev–Trinajstić information content (AvgIpc) is 2.90. The zero-order valence-corrected chi connectivity index (χ0v) is 12.7. The number of fused-ring (bicyclic) bond motifs is 1. The summed E-state index contributed by atoms with van der Waals surface area (Å²) in [5.41, 5.74) is 5.69. The smallest absolute Gasteiger partial charge is 0.126 e. The number of hydrogen-bond donors (Lipinski definition) is 1. The lowest BCUT2D eigenvalue weighted by Crippen LogP contribution is -2.19. The van der Waals surface area contributed by atoms with Gasteiger partial charge < -0.3 is 5.32 Å². The number of nitrogens with one attached hydrogen (secondary N) is 1. The van der Waals surface area contributed by atoms with Crippen molar-refractivity contribution in [2.75, 3.05) is 6.54 Å². The largest absolute Gasteiger partial charge is 0.310 e. The Morgan fingerprint density at radius 3 is 2.90 bits per heavy atom. The second kappa shape index (κ2) is 5.98. The minimum absolute atomic E-state index is 0.129. The van der Waals surface area contributed by atoms with E-state index in [9.17, 15) is 4.39 Å². The predicted octanol–water partition coefficient (Wildman–Crippen LogP) is 4.79. The first-order valence-corrected chi connectivity index (χ1v) is 7.82. The van der Waals surface area contributed by atoms with Gasteiger partial charge in [0, 0.05) is 6.04 Å². The molecule has 1 unspecified atom stereocenters. The molecule has 3 rings (SSSR count). The molecule has 110 valence electrons. The molecule has 0 saturated heterocycles. The van der Waals surface area contributed by atoms with E-state index in [1.807, 2.05) is 13.0 Å². The lowest BCUT2D eigenvalue weighted by Gasteiger charge is -2.14. The molecule has 21 heavy (non-hydrogen) atoms. The Labute approximate surface area is 126 Å². The highest BCUT2D eigenvalue weighted by Crippen LogP contribution is 2.35. The number of hydrogen-bond acceptors (Lipinski definition) is 1. The molecule has 0 bridgehead atoms. The van der Waals surface area contributed by atoms with Crippen LogP contribution >= 0.6 is 0 Å². The van der Waals surface area contributed by atoms with E-state index in [1.54, 1.807) is 6.07 Å². The van der Waals surface area contributed by atoms with E-state index in [-0.39, 0.29) is 5.82 Å². The van der Waals surface area contributed by atoms with Gasteiger partial charge in [-0.3, -0.25) is 0 Å². The van der Waals surface area contributed by atoms with Crippen LogP contribution in [0, 0.1) is 12.7 Å². The molecule has 0 aromatic heterocycles. The van der Waals surface area contributed by atoms with E-state index in [4.69, 9.17) is 0 Å². The second-order valence-electron chi connectivity index (χ2n) is 5.87. The summed E-state index contributed by atoms with van der Waals surface area (Å²) in [7, 11) is 0. The van der Waals surface area contributed by atoms with Gasteiger partial charge in [0.1, 0.15) is 5.82 Å². The van der Waals surface area contributed by atoms with Crippen molar-refractivity contribution in [1.82, 2.24) is 5.32 Å². The van der Waals surface area contributed by atoms with Crippen molar-refractivity contribution >= 4 is 0 Å². The summed E-state index contributed by atoms with van der Waals surface area (Å²) in [6, 6.07) is 12.4. The van der Waals surface area contributed by atoms with Crippen LogP contribution in [0.15, 0.2) is 36.4 Å². The Bertz CT molecular complexity index is 648. The average molecular weight is 283 g/mol. The first-order chi connectivity index (χ1) is 10.2. The minimum Gasteiger partial charge on any atom is -0.310 e. The fourth-order valence-electron chi connectivity index (χ4n) is 3.24. The predicted molar refractivity (Wildman–Crippen MR) is 85.9 cm³/mol. The van der Waals surface area contributed by atoms with Crippen LogP contribution in [0.2, 0.25) is 0 Å². The van der Waals surface area contributed by atoms with Gasteiger partial charge in [-0.15, -0.1) is 0 Å². The molecule has 0 spiro atoms. The van der Waals surface area contributed by atoms with Crippen LogP contribution < -0.4 is 5.32 Å². The fraction of sp³-hybridized carbons (Fsp3) is 0.368. The van der Waals surface area contributed by atoms with Gasteiger partial charge in [0.15, 0.2) is 0 Å². The quantitative estimate of drug-likeness (QED) is 0.851. The molecule has 1 N–H and O–H groups in total. The summed E-state index contributed by atoms with van der Waals surface area (Å²) >= 11 is 0. The number of halogens is 1. The van der Waals surface area contributed by atoms with Crippen LogP contribution in [0.4, 0.5) is 4.39 Å². The van der Waals surface area contributed by atoms with Crippen LogP contribution in [0.5, 0.6) is 0 Å². The van der Waals surface area contributed by atoms with Gasteiger partial charge >= 0.3 is 0 Å². The Morgan fingerprint density at radius 1 is 1.24 bits per heavy atom. The summed E-state index contributed by atoms with van der Waals surface area (Å²) < 4.78 is 13.7. The van der Waals surface area contributed by atoms with Gasteiger partial charge in [-0.25, -0.2) is 4.39 Å². The molecule has 2 aromatic carbocycles. The molecule has 1 aliphatic carbocycles. The molecule has 0 heterocycles. The summed E-state index contributed by atoms with van der Waals surface area (Å²) in [5, 5.41) is 3.61. The first kappa shape index (κ1) is 14.3. The Hall–Kier alpha value is -1.67. The Kier molecular flexibility index (Phi) is 4.07. The van der Waals surface area contributed by atoms with Gasteiger partial charge in [0.05, 0.1) is 0 Å². The Morgan fingerprint density at radius 2 is 2.10 bits per heavy atom. The van der Waals surface area contributed by atoms with Gasteiger partial charge in [-0.2, -0.15) is 0 Å². The third kappa shape index (κ3) is 2.73. The molecule has 0 radical (unpaired) electrons. The standard InChI is InChI=1S/C19H22FN/c1-3-11-21-19-10-8-15-12-14(7-9-17(15)19)16-5-4-6-18(20)13(16)2/h4-7,9,12,19,21H,3,8,10-11H2,1-2H3. The molecule has 1 aliphatic rings. The van der Waals surface area contributed by atoms with E-state index < -0.39 is 0 Å². The van der Waals surface area contributed by atoms with E-state index in [0.717, 1.165) is 36.1 Å². The molecule has 0 amide bonds. The van der Waals surface area contributed by atoms with Crippen LogP contribution in [0.1, 0.15) is 42.5 Å². The van der Waals surface area contributed by atoms with Crippen LogP contribution in [0.3, 0.4) is 0 Å². The highest BCUT2D eigenvalue weighted by atomic mass is 19.1. The SMILES string of the molecule is CCCNC1CCc2cc(-c3cccc(F)c3C)ccc21. The number of benzene rings is 2. The molecular formula is C19H22FN. The third-order valence-electron chi connectivity index (χ3n) is 4.44. The molecule has 2 aromatic rings. The van der Waals surface area contributed by atoms with E-state index in [1.165, 1.54) is 23.6 Å². The van der Waals surface area contributed by atoms with E-state index >= 15 is 0 Å². The summed E-state index contributed by atoms with van der Waals surface area (Å²) in [6.45, 7) is 5.11. The summed E-state index contributed by atoms with van der Waals surface area (Å²) in [4.78, 5) is 0. The maximum Gasteiger partial charge on any atom is 0.126 e. The highest BCUT2D eigenvalue weighted by molar-refractivity contribution is 5.69. The highest BCUT2D eigenvalue weighted by Gasteiger charge is 2.22. The maximum atomic E-state index is 13.7. The maximum absolute atomic E-state index is 13.7. The summed E-state index contributed by atoms with van der Waals surface area (Å²) in [5.74, 6) is -0.129. The van der Waals surface area contributed by atoms with Gasteiger partial charge in [-0.1, -0.05) is 37.3 Å². The fourth-order valence-corrected chi connectivity index (χ4v) is 3.24. The number of aryl methyl sites for hydroxylation is 1. The second-order valence-corrected chi connectivity index (χ2v) is 5.87. The zero-order chi connectivity index (χ0) is 14.8. The van der Waals surface area contributed by atoms with Crippen molar-refractivity contribution in [3.63, 3.8) is 0 Å². The normalized spacial score (nSPS) is 17.0. The van der Waals surface area contributed by atoms with Crippen molar-refractivity contribution in [2.45, 2.75) is 39.2 Å². The first-order valence-electron chi connectivity index (χ1n) is 7.82. The van der Waals surface area contributed by atoms with Crippen molar-refractivity contribution in [3.05, 3.63) is 58.9 Å². The van der Waals surface area contributed by atoms with Crippen molar-refractivity contribution in [1.29, 1.82) is 0 Å². The van der Waals surface area contributed by atoms with E-state index in [2.05, 4.69) is 30.4 Å². The van der Waals surface area contributed by atoms with Crippen molar-refractivity contribution in [2.24, 2.45) is 0 Å². The van der Waals surface area contributed by atoms with Crippen LogP contribution in [-0.4, -0.2) is 6.54 Å². The van der Waals surface area contributed by atoms with Gasteiger partial charge in [-0.05, 0) is 66.6 Å². The summed E-state index contributed by atoms with van der Waals surface area (Å²) in [6.07, 6.45) is 3.44. The molecule has 1 atom stereocenters. The molecule has 1 nitrogen and oxygen atoms in total. The van der Waals surface area contributed by atoms with E-state index in [0.29, 0.717) is 6.04 Å². The van der Waals surface area contributed by atoms with Gasteiger partial charge in [0.2, 0.25) is 0 Å². The van der Waals surface area contributed by atoms with Crippen LogP contribution in [0.25, 0.3) is 11.1 Å².